The summed E-state index contributed by atoms with van der Waals surface area (Å²) >= 11 is 4.73. The minimum absolute atomic E-state index is 0.0294. The van der Waals surface area contributed by atoms with Gasteiger partial charge in [-0.2, -0.15) is 0 Å². The van der Waals surface area contributed by atoms with Crippen LogP contribution in [-0.2, 0) is 10.2 Å². The summed E-state index contributed by atoms with van der Waals surface area (Å²) in [6, 6.07) is 7.38. The first-order chi connectivity index (χ1) is 12.8. The van der Waals surface area contributed by atoms with Gasteiger partial charge in [0.05, 0.1) is 0 Å². The van der Waals surface area contributed by atoms with Crippen molar-refractivity contribution in [1.82, 2.24) is 15.5 Å². The van der Waals surface area contributed by atoms with E-state index in [2.05, 4.69) is 43.2 Å². The SMILES string of the molecule is CCCSc1nnc(SCCC(=O)NC(=O)c2ccc(C(C)(C)C)cc2)s1. The molecular weight excluding hydrogens is 398 g/mol. The van der Waals surface area contributed by atoms with E-state index in [4.69, 9.17) is 0 Å². The van der Waals surface area contributed by atoms with Crippen LogP contribution in [0.4, 0.5) is 0 Å². The fraction of sp³-hybridized carbons (Fsp3) is 0.474. The topological polar surface area (TPSA) is 72.0 Å². The second-order valence-corrected chi connectivity index (χ2v) is 10.6. The van der Waals surface area contributed by atoms with E-state index in [0.717, 1.165) is 26.4 Å². The van der Waals surface area contributed by atoms with E-state index in [9.17, 15) is 9.59 Å². The number of nitrogens with one attached hydrogen (secondary N) is 1. The molecule has 0 fully saturated rings. The van der Waals surface area contributed by atoms with Crippen LogP contribution in [-0.4, -0.2) is 33.5 Å². The van der Waals surface area contributed by atoms with Crippen LogP contribution in [0.1, 0.15) is 56.5 Å². The standard InChI is InChI=1S/C19H25N3O2S3/c1-5-11-25-17-21-22-18(27-17)26-12-10-15(23)20-16(24)13-6-8-14(9-7-13)19(2,3)4/h6-9H,5,10-12H2,1-4H3,(H,20,23,24). The number of thioether (sulfide) groups is 2. The van der Waals surface area contributed by atoms with Crippen LogP contribution < -0.4 is 5.32 Å². The third-order valence-electron chi connectivity index (χ3n) is 3.64. The Morgan fingerprint density at radius 3 is 2.19 bits per heavy atom. The lowest BCUT2D eigenvalue weighted by Crippen LogP contribution is -2.30. The lowest BCUT2D eigenvalue weighted by Gasteiger charge is -2.18. The summed E-state index contributed by atoms with van der Waals surface area (Å²) in [5.74, 6) is 0.951. The van der Waals surface area contributed by atoms with Gasteiger partial charge < -0.3 is 0 Å². The van der Waals surface area contributed by atoms with Crippen molar-refractivity contribution in [2.75, 3.05) is 11.5 Å². The Balaban J connectivity index is 1.76. The van der Waals surface area contributed by atoms with Crippen LogP contribution in [0, 0.1) is 0 Å². The Labute approximate surface area is 173 Å². The van der Waals surface area contributed by atoms with Gasteiger partial charge in [0, 0.05) is 23.5 Å². The van der Waals surface area contributed by atoms with Crippen molar-refractivity contribution in [3.63, 3.8) is 0 Å². The fourth-order valence-electron chi connectivity index (χ4n) is 2.12. The molecule has 5 nitrogen and oxygen atoms in total. The quantitative estimate of drug-likeness (QED) is 0.616. The molecule has 2 rings (SSSR count). The molecule has 0 saturated heterocycles. The van der Waals surface area contributed by atoms with Crippen LogP contribution >= 0.6 is 34.9 Å². The predicted octanol–water partition coefficient (Wildman–Crippen LogP) is 4.78. The van der Waals surface area contributed by atoms with Gasteiger partial charge in [0.25, 0.3) is 5.91 Å². The van der Waals surface area contributed by atoms with E-state index in [1.165, 1.54) is 11.8 Å². The molecule has 27 heavy (non-hydrogen) atoms. The molecule has 0 radical (unpaired) electrons. The predicted molar refractivity (Wildman–Crippen MR) is 114 cm³/mol. The minimum atomic E-state index is -0.361. The fourth-order valence-corrected chi connectivity index (χ4v) is 5.07. The molecule has 0 atom stereocenters. The molecule has 1 aromatic carbocycles. The third kappa shape index (κ3) is 7.27. The van der Waals surface area contributed by atoms with Crippen molar-refractivity contribution in [2.24, 2.45) is 0 Å². The summed E-state index contributed by atoms with van der Waals surface area (Å²) in [7, 11) is 0. The van der Waals surface area contributed by atoms with Crippen molar-refractivity contribution >= 4 is 46.7 Å². The van der Waals surface area contributed by atoms with E-state index >= 15 is 0 Å². The summed E-state index contributed by atoms with van der Waals surface area (Å²) < 4.78 is 1.81. The maximum atomic E-state index is 12.2. The molecule has 0 saturated carbocycles. The van der Waals surface area contributed by atoms with Crippen molar-refractivity contribution < 1.29 is 9.59 Å². The molecule has 2 amide bonds. The van der Waals surface area contributed by atoms with Gasteiger partial charge in [-0.05, 0) is 29.5 Å². The van der Waals surface area contributed by atoms with Crippen LogP contribution in [0.2, 0.25) is 0 Å². The van der Waals surface area contributed by atoms with E-state index in [1.807, 2.05) is 12.1 Å². The van der Waals surface area contributed by atoms with Gasteiger partial charge in [0.15, 0.2) is 8.68 Å². The molecule has 1 aromatic heterocycles. The highest BCUT2D eigenvalue weighted by atomic mass is 32.2. The van der Waals surface area contributed by atoms with Crippen molar-refractivity contribution in [2.45, 2.75) is 54.6 Å². The Hall–Kier alpha value is -1.38. The lowest BCUT2D eigenvalue weighted by atomic mass is 9.87. The number of imide groups is 1. The zero-order chi connectivity index (χ0) is 19.9. The molecule has 0 aliphatic rings. The molecule has 2 aromatic rings. The summed E-state index contributed by atoms with van der Waals surface area (Å²) in [6.07, 6.45) is 1.35. The average molecular weight is 424 g/mol. The number of benzene rings is 1. The molecule has 0 bridgehead atoms. The van der Waals surface area contributed by atoms with Crippen LogP contribution in [0.3, 0.4) is 0 Å². The number of carbonyl (C=O) groups is 2. The van der Waals surface area contributed by atoms with Gasteiger partial charge in [0.2, 0.25) is 5.91 Å². The molecule has 0 unspecified atom stereocenters. The van der Waals surface area contributed by atoms with Crippen LogP contribution in [0.15, 0.2) is 32.9 Å². The number of aromatic nitrogens is 2. The molecule has 0 aliphatic carbocycles. The number of rotatable bonds is 8. The first kappa shape index (κ1) is 21.9. The highest BCUT2D eigenvalue weighted by Gasteiger charge is 2.15. The van der Waals surface area contributed by atoms with Gasteiger partial charge in [-0.3, -0.25) is 14.9 Å². The Morgan fingerprint density at radius 1 is 1.04 bits per heavy atom. The first-order valence-electron chi connectivity index (χ1n) is 8.83. The summed E-state index contributed by atoms with van der Waals surface area (Å²) in [4.78, 5) is 24.2. The lowest BCUT2D eigenvalue weighted by molar-refractivity contribution is -0.119. The number of carbonyl (C=O) groups excluding carboxylic acids is 2. The molecule has 8 heteroatoms. The molecule has 146 valence electrons. The maximum Gasteiger partial charge on any atom is 0.257 e. The number of nitrogens with zero attached hydrogens (tertiary/aromatic N) is 2. The van der Waals surface area contributed by atoms with E-state index in [1.54, 1.807) is 35.2 Å². The van der Waals surface area contributed by atoms with Gasteiger partial charge in [0.1, 0.15) is 0 Å². The zero-order valence-corrected chi connectivity index (χ0v) is 18.5. The number of hydrogen-bond donors (Lipinski definition) is 1. The zero-order valence-electron chi connectivity index (χ0n) is 16.1. The van der Waals surface area contributed by atoms with Gasteiger partial charge in [-0.25, -0.2) is 0 Å². The highest BCUT2D eigenvalue weighted by Crippen LogP contribution is 2.29. The Kier molecular flexibility index (Phi) is 8.31. The van der Waals surface area contributed by atoms with Crippen molar-refractivity contribution in [1.29, 1.82) is 0 Å². The second kappa shape index (κ2) is 10.2. The summed E-state index contributed by atoms with van der Waals surface area (Å²) in [5, 5.41) is 10.7. The van der Waals surface area contributed by atoms with E-state index in [-0.39, 0.29) is 23.7 Å². The second-order valence-electron chi connectivity index (χ2n) is 6.99. The van der Waals surface area contributed by atoms with Crippen LogP contribution in [0.5, 0.6) is 0 Å². The number of amides is 2. The minimum Gasteiger partial charge on any atom is -0.292 e. The van der Waals surface area contributed by atoms with Crippen molar-refractivity contribution in [3.8, 4) is 0 Å². The maximum absolute atomic E-state index is 12.2. The third-order valence-corrected chi connectivity index (χ3v) is 7.04. The average Bonchev–Trinajstić information content (AvgIpc) is 3.07. The molecule has 0 aliphatic heterocycles. The summed E-state index contributed by atoms with van der Waals surface area (Å²) in [6.45, 7) is 8.48. The monoisotopic (exact) mass is 423 g/mol. The molecular formula is C19H25N3O2S3. The molecule has 0 spiro atoms. The van der Waals surface area contributed by atoms with Gasteiger partial charge >= 0.3 is 0 Å². The Morgan fingerprint density at radius 2 is 1.63 bits per heavy atom. The first-order valence-corrected chi connectivity index (χ1v) is 11.6. The van der Waals surface area contributed by atoms with Crippen LogP contribution in [0.25, 0.3) is 0 Å². The normalized spacial score (nSPS) is 11.4. The Bertz CT molecular complexity index is 767. The van der Waals surface area contributed by atoms with Gasteiger partial charge in [-0.15, -0.1) is 10.2 Å². The summed E-state index contributed by atoms with van der Waals surface area (Å²) in [5.41, 5.74) is 1.67. The smallest absolute Gasteiger partial charge is 0.257 e. The van der Waals surface area contributed by atoms with E-state index in [0.29, 0.717) is 11.3 Å². The largest absolute Gasteiger partial charge is 0.292 e. The van der Waals surface area contributed by atoms with Crippen molar-refractivity contribution in [3.05, 3.63) is 35.4 Å². The molecule has 1 heterocycles. The van der Waals surface area contributed by atoms with Gasteiger partial charge in [-0.1, -0.05) is 74.7 Å². The van der Waals surface area contributed by atoms with E-state index < -0.39 is 0 Å². The number of hydrogen-bond acceptors (Lipinski definition) is 7. The highest BCUT2D eigenvalue weighted by molar-refractivity contribution is 8.03. The molecule has 1 N–H and O–H groups in total.